The normalized spacial score (nSPS) is 16.8. The van der Waals surface area contributed by atoms with Gasteiger partial charge in [0, 0.05) is 18.7 Å². The first-order valence-corrected chi connectivity index (χ1v) is 9.02. The lowest BCUT2D eigenvalue weighted by molar-refractivity contribution is -0.141. The first-order chi connectivity index (χ1) is 13.7. The van der Waals surface area contributed by atoms with Gasteiger partial charge in [-0.1, -0.05) is 5.21 Å². The van der Waals surface area contributed by atoms with Crippen molar-refractivity contribution in [3.05, 3.63) is 29.3 Å². The molecular weight excluding hydrogens is 393 g/mol. The Kier molecular flexibility index (Phi) is 5.86. The van der Waals surface area contributed by atoms with Crippen molar-refractivity contribution in [1.82, 2.24) is 30.1 Å². The molecule has 3 heterocycles. The Labute approximate surface area is 163 Å². The number of hydrogen-bond acceptors (Lipinski definition) is 6. The van der Waals surface area contributed by atoms with Gasteiger partial charge in [-0.2, -0.15) is 18.3 Å². The lowest BCUT2D eigenvalue weighted by Gasteiger charge is -2.33. The van der Waals surface area contributed by atoms with E-state index in [0.29, 0.717) is 25.9 Å². The Morgan fingerprint density at radius 1 is 1.31 bits per heavy atom. The number of hydrogen-bond donors (Lipinski definition) is 3. The van der Waals surface area contributed by atoms with Crippen molar-refractivity contribution in [3.8, 4) is 0 Å². The van der Waals surface area contributed by atoms with Crippen LogP contribution in [0.5, 0.6) is 0 Å². The fraction of sp³-hybridized carbons (Fsp3) is 0.562. The van der Waals surface area contributed by atoms with Crippen LogP contribution in [0.4, 0.5) is 13.2 Å². The molecule has 0 radical (unpaired) electrons. The molecule has 2 aromatic heterocycles. The summed E-state index contributed by atoms with van der Waals surface area (Å²) < 4.78 is 40.1. The van der Waals surface area contributed by atoms with Crippen molar-refractivity contribution in [2.75, 3.05) is 13.1 Å². The van der Waals surface area contributed by atoms with E-state index in [-0.39, 0.29) is 36.0 Å². The number of aryl methyl sites for hydroxylation is 1. The Hall–Kier alpha value is -2.96. The third-order valence-electron chi connectivity index (χ3n) is 4.96. The number of halogens is 3. The third kappa shape index (κ3) is 4.72. The number of aromatic amines is 1. The SMILES string of the molecule is NC(=O)c1cn(C2CCN(C(=O)C(N)CCc3cn[nH]c3C(F)(F)F)CC2)nn1. The molecule has 0 aliphatic carbocycles. The molecule has 2 amide bonds. The van der Waals surface area contributed by atoms with Crippen molar-refractivity contribution < 1.29 is 22.8 Å². The number of carbonyl (C=O) groups excluding carboxylic acids is 2. The van der Waals surface area contributed by atoms with E-state index in [9.17, 15) is 22.8 Å². The van der Waals surface area contributed by atoms with Crippen LogP contribution in [0.15, 0.2) is 12.4 Å². The average Bonchev–Trinajstić information content (AvgIpc) is 3.35. The minimum Gasteiger partial charge on any atom is -0.364 e. The van der Waals surface area contributed by atoms with Crippen molar-refractivity contribution in [1.29, 1.82) is 0 Å². The monoisotopic (exact) mass is 414 g/mol. The minimum atomic E-state index is -4.53. The van der Waals surface area contributed by atoms with E-state index in [0.717, 1.165) is 6.20 Å². The van der Waals surface area contributed by atoms with Crippen LogP contribution in [0.3, 0.4) is 0 Å². The van der Waals surface area contributed by atoms with E-state index in [2.05, 4.69) is 15.4 Å². The topological polar surface area (TPSA) is 149 Å². The van der Waals surface area contributed by atoms with Gasteiger partial charge in [-0.3, -0.25) is 14.7 Å². The van der Waals surface area contributed by atoms with Crippen LogP contribution in [0.25, 0.3) is 0 Å². The summed E-state index contributed by atoms with van der Waals surface area (Å²) in [6.07, 6.45) is -0.725. The summed E-state index contributed by atoms with van der Waals surface area (Å²) in [5, 5.41) is 13.0. The molecule has 1 saturated heterocycles. The average molecular weight is 414 g/mol. The molecule has 0 bridgehead atoms. The second-order valence-electron chi connectivity index (χ2n) is 6.92. The quantitative estimate of drug-likeness (QED) is 0.617. The predicted molar refractivity (Wildman–Crippen MR) is 93.3 cm³/mol. The summed E-state index contributed by atoms with van der Waals surface area (Å²) >= 11 is 0. The number of amides is 2. The largest absolute Gasteiger partial charge is 0.433 e. The van der Waals surface area contributed by atoms with Crippen LogP contribution >= 0.6 is 0 Å². The van der Waals surface area contributed by atoms with Gasteiger partial charge in [0.2, 0.25) is 5.91 Å². The minimum absolute atomic E-state index is 0.0104. The van der Waals surface area contributed by atoms with Crippen LogP contribution in [-0.4, -0.2) is 61.0 Å². The zero-order valence-electron chi connectivity index (χ0n) is 15.4. The van der Waals surface area contributed by atoms with E-state index in [1.165, 1.54) is 6.20 Å². The highest BCUT2D eigenvalue weighted by molar-refractivity contribution is 5.90. The highest BCUT2D eigenvalue weighted by atomic mass is 19.4. The lowest BCUT2D eigenvalue weighted by Crippen LogP contribution is -2.47. The molecule has 1 aliphatic rings. The maximum atomic E-state index is 12.9. The number of likely N-dealkylation sites (tertiary alicyclic amines) is 1. The lowest BCUT2D eigenvalue weighted by atomic mass is 10.0. The molecule has 5 N–H and O–H groups in total. The van der Waals surface area contributed by atoms with Crippen LogP contribution in [0, 0.1) is 0 Å². The van der Waals surface area contributed by atoms with E-state index >= 15 is 0 Å². The van der Waals surface area contributed by atoms with Gasteiger partial charge < -0.3 is 16.4 Å². The van der Waals surface area contributed by atoms with Crippen molar-refractivity contribution in [3.63, 3.8) is 0 Å². The van der Waals surface area contributed by atoms with Crippen LogP contribution in [-0.2, 0) is 17.4 Å². The first kappa shape index (κ1) is 20.8. The molecule has 2 aromatic rings. The number of piperidine rings is 1. The van der Waals surface area contributed by atoms with E-state index < -0.39 is 23.8 Å². The highest BCUT2D eigenvalue weighted by Gasteiger charge is 2.35. The van der Waals surface area contributed by atoms with Crippen molar-refractivity contribution >= 4 is 11.8 Å². The maximum Gasteiger partial charge on any atom is 0.433 e. The molecule has 10 nitrogen and oxygen atoms in total. The second-order valence-corrected chi connectivity index (χ2v) is 6.92. The van der Waals surface area contributed by atoms with E-state index in [1.54, 1.807) is 9.58 Å². The van der Waals surface area contributed by atoms with Gasteiger partial charge in [0.25, 0.3) is 5.91 Å². The van der Waals surface area contributed by atoms with Gasteiger partial charge >= 0.3 is 6.18 Å². The summed E-state index contributed by atoms with van der Waals surface area (Å²) in [5.41, 5.74) is 10.2. The number of nitrogens with two attached hydrogens (primary N) is 2. The number of nitrogens with zero attached hydrogens (tertiary/aromatic N) is 5. The number of nitrogens with one attached hydrogen (secondary N) is 1. The summed E-state index contributed by atoms with van der Waals surface area (Å²) in [4.78, 5) is 25.2. The molecule has 158 valence electrons. The zero-order valence-corrected chi connectivity index (χ0v) is 15.4. The fourth-order valence-electron chi connectivity index (χ4n) is 3.33. The summed E-state index contributed by atoms with van der Waals surface area (Å²) in [6.45, 7) is 0.838. The molecule has 3 rings (SSSR count). The molecular formula is C16H21F3N8O2. The maximum absolute atomic E-state index is 12.9. The third-order valence-corrected chi connectivity index (χ3v) is 4.96. The summed E-state index contributed by atoms with van der Waals surface area (Å²) in [6, 6.07) is -0.938. The number of aromatic nitrogens is 5. The van der Waals surface area contributed by atoms with Crippen LogP contribution < -0.4 is 11.5 Å². The molecule has 0 saturated carbocycles. The number of alkyl halides is 3. The molecule has 29 heavy (non-hydrogen) atoms. The van der Waals surface area contributed by atoms with Gasteiger partial charge in [-0.15, -0.1) is 5.10 Å². The van der Waals surface area contributed by atoms with Gasteiger partial charge in [-0.05, 0) is 25.7 Å². The number of rotatable bonds is 6. The van der Waals surface area contributed by atoms with Crippen LogP contribution in [0.1, 0.15) is 47.1 Å². The molecule has 1 unspecified atom stereocenters. The Bertz CT molecular complexity index is 870. The summed E-state index contributed by atoms with van der Waals surface area (Å²) in [7, 11) is 0. The standard InChI is InChI=1S/C16H21F3N8O2/c17-16(18,19)13-9(7-22-24-13)1-2-11(20)15(29)26-5-3-10(4-6-26)27-8-12(14(21)28)23-25-27/h7-8,10-11H,1-6,20H2,(H2,21,28)(H,22,24). The first-order valence-electron chi connectivity index (χ1n) is 9.02. The second kappa shape index (κ2) is 8.19. The van der Waals surface area contributed by atoms with E-state index in [1.807, 2.05) is 5.10 Å². The van der Waals surface area contributed by atoms with E-state index in [4.69, 9.17) is 11.5 Å². The molecule has 0 aromatic carbocycles. The molecule has 1 atom stereocenters. The zero-order chi connectivity index (χ0) is 21.2. The Balaban J connectivity index is 1.51. The summed E-state index contributed by atoms with van der Waals surface area (Å²) in [5.74, 6) is -0.974. The van der Waals surface area contributed by atoms with Gasteiger partial charge in [0.05, 0.1) is 24.5 Å². The smallest absolute Gasteiger partial charge is 0.364 e. The highest BCUT2D eigenvalue weighted by Crippen LogP contribution is 2.30. The number of H-pyrrole nitrogens is 1. The molecule has 13 heteroatoms. The molecule has 1 fully saturated rings. The molecule has 0 spiro atoms. The Morgan fingerprint density at radius 3 is 2.59 bits per heavy atom. The van der Waals surface area contributed by atoms with Gasteiger partial charge in [0.15, 0.2) is 5.69 Å². The number of primary amides is 1. The van der Waals surface area contributed by atoms with Crippen LogP contribution in [0.2, 0.25) is 0 Å². The van der Waals surface area contributed by atoms with Gasteiger partial charge in [0.1, 0.15) is 5.69 Å². The Morgan fingerprint density at radius 2 is 2.00 bits per heavy atom. The van der Waals surface area contributed by atoms with Gasteiger partial charge in [-0.25, -0.2) is 4.68 Å². The number of carbonyl (C=O) groups is 2. The van der Waals surface area contributed by atoms with Crippen molar-refractivity contribution in [2.24, 2.45) is 11.5 Å². The molecule has 1 aliphatic heterocycles. The fourth-order valence-corrected chi connectivity index (χ4v) is 3.33. The van der Waals surface area contributed by atoms with Crippen molar-refractivity contribution in [2.45, 2.75) is 43.9 Å². The predicted octanol–water partition coefficient (Wildman–Crippen LogP) is 0.242.